The zero-order chi connectivity index (χ0) is 21.4. The summed E-state index contributed by atoms with van der Waals surface area (Å²) in [6, 6.07) is 0. The van der Waals surface area contributed by atoms with Crippen LogP contribution >= 0.6 is 12.2 Å². The number of nitrogens with zero attached hydrogens (tertiary/aromatic N) is 1. The Labute approximate surface area is 243 Å². The summed E-state index contributed by atoms with van der Waals surface area (Å²) in [6.45, 7) is 8.04. The Morgan fingerprint density at radius 3 is 1.43 bits per heavy atom. The average Bonchev–Trinajstić information content (AvgIpc) is 2.71. The number of unbranched alkanes of at least 4 members (excludes halogenated alkanes) is 16. The van der Waals surface area contributed by atoms with Gasteiger partial charge in [0.05, 0.1) is 6.61 Å². The van der Waals surface area contributed by atoms with Crippen LogP contribution in [-0.4, -0.2) is 35.5 Å². The van der Waals surface area contributed by atoms with Crippen molar-refractivity contribution >= 4 is 29.2 Å². The normalized spacial score (nSPS) is 10.7. The van der Waals surface area contributed by atoms with E-state index in [-0.39, 0.29) is 51.4 Å². The molecule has 2 nitrogen and oxygen atoms in total. The first kappa shape index (κ1) is 33.9. The minimum Gasteiger partial charge on any atom is -0.411 e. The monoisotopic (exact) mass is 483 g/mol. The summed E-state index contributed by atoms with van der Waals surface area (Å²) >= 11 is 10.5. The fourth-order valence-corrected chi connectivity index (χ4v) is 4.06. The second-order valence-electron chi connectivity index (χ2n) is 8.52. The van der Waals surface area contributed by atoms with E-state index in [2.05, 4.69) is 18.7 Å². The third-order valence-electron chi connectivity index (χ3n) is 5.69. The van der Waals surface area contributed by atoms with E-state index in [1.54, 1.807) is 0 Å². The van der Waals surface area contributed by atoms with Crippen molar-refractivity contribution < 1.29 is 56.1 Å². The molecule has 0 aromatic carbocycles. The molecule has 0 aliphatic heterocycles. The fraction of sp³-hybridized carbons (Fsp3) is 0.960. The predicted molar refractivity (Wildman–Crippen MR) is 137 cm³/mol. The van der Waals surface area contributed by atoms with Crippen LogP contribution in [0, 0.1) is 0 Å². The van der Waals surface area contributed by atoms with Gasteiger partial charge in [0.15, 0.2) is 0 Å². The van der Waals surface area contributed by atoms with Gasteiger partial charge in [0.2, 0.25) is 0 Å². The van der Waals surface area contributed by atoms with Gasteiger partial charge in [-0.05, 0) is 12.8 Å². The largest absolute Gasteiger partial charge is 1.00 e. The topological polar surface area (TPSA) is 12.5 Å². The van der Waals surface area contributed by atoms with E-state index < -0.39 is 0 Å². The molecule has 0 rings (SSSR count). The van der Waals surface area contributed by atoms with Crippen LogP contribution in [0.25, 0.3) is 0 Å². The van der Waals surface area contributed by atoms with E-state index in [1.807, 2.05) is 0 Å². The van der Waals surface area contributed by atoms with Crippen molar-refractivity contribution in [2.45, 2.75) is 129 Å². The Balaban J connectivity index is 0. The van der Waals surface area contributed by atoms with Crippen molar-refractivity contribution in [2.75, 3.05) is 26.3 Å². The van der Waals surface area contributed by atoms with E-state index in [9.17, 15) is 0 Å². The standard InChI is InChI=1S/C25H51NOS2.K/c1-3-5-7-9-11-13-14-15-17-19-21-26(25(28)29)22-24-27-23-20-18-16-12-10-8-6-4-2;/h3-24H2,1-2H3,(H,28,29);/q;+1/p-1. The van der Waals surface area contributed by atoms with Crippen molar-refractivity contribution in [1.82, 2.24) is 4.90 Å². The van der Waals surface area contributed by atoms with Gasteiger partial charge in [-0.2, -0.15) is 0 Å². The van der Waals surface area contributed by atoms with E-state index in [0.29, 0.717) is 4.32 Å². The minimum absolute atomic E-state index is 0. The van der Waals surface area contributed by atoms with Gasteiger partial charge >= 0.3 is 51.4 Å². The van der Waals surface area contributed by atoms with Gasteiger partial charge in [0.25, 0.3) is 0 Å². The molecule has 0 fully saturated rings. The molecule has 0 aromatic heterocycles. The maximum absolute atomic E-state index is 5.81. The van der Waals surface area contributed by atoms with Gasteiger partial charge in [-0.1, -0.05) is 121 Å². The summed E-state index contributed by atoms with van der Waals surface area (Å²) in [7, 11) is 0. The van der Waals surface area contributed by atoms with E-state index >= 15 is 0 Å². The molecule has 0 unspecified atom stereocenters. The number of hydrogen-bond acceptors (Lipinski definition) is 3. The molecule has 0 atom stereocenters. The van der Waals surface area contributed by atoms with Crippen molar-refractivity contribution in [2.24, 2.45) is 0 Å². The van der Waals surface area contributed by atoms with Crippen LogP contribution in [-0.2, 0) is 17.4 Å². The molecule has 5 heteroatoms. The molecule has 0 aliphatic rings. The van der Waals surface area contributed by atoms with E-state index in [0.717, 1.165) is 26.3 Å². The predicted octanol–water partition coefficient (Wildman–Crippen LogP) is 5.20. The summed E-state index contributed by atoms with van der Waals surface area (Å²) in [5.74, 6) is 0. The van der Waals surface area contributed by atoms with E-state index in [4.69, 9.17) is 29.6 Å². The smallest absolute Gasteiger partial charge is 0.411 e. The molecule has 0 amide bonds. The Morgan fingerprint density at radius 2 is 1.00 bits per heavy atom. The second kappa shape index (κ2) is 28.7. The van der Waals surface area contributed by atoms with Crippen molar-refractivity contribution in [1.29, 1.82) is 0 Å². The summed E-state index contributed by atoms with van der Waals surface area (Å²) < 4.78 is 6.42. The van der Waals surface area contributed by atoms with E-state index in [1.165, 1.54) is 116 Å². The first-order valence-corrected chi connectivity index (χ1v) is 13.6. The van der Waals surface area contributed by atoms with Crippen LogP contribution in [0.3, 0.4) is 0 Å². The quantitative estimate of drug-likeness (QED) is 0.0856. The number of hydrogen-bond donors (Lipinski definition) is 0. The second-order valence-corrected chi connectivity index (χ2v) is 9.55. The zero-order valence-electron chi connectivity index (χ0n) is 20.7. The van der Waals surface area contributed by atoms with Gasteiger partial charge in [-0.25, -0.2) is 0 Å². The molecule has 30 heavy (non-hydrogen) atoms. The number of ether oxygens (including phenoxy) is 1. The van der Waals surface area contributed by atoms with Gasteiger partial charge in [0, 0.05) is 19.7 Å². The third-order valence-corrected chi connectivity index (χ3v) is 6.20. The Hall–Kier alpha value is 1.71. The minimum atomic E-state index is 0. The van der Waals surface area contributed by atoms with Crippen LogP contribution in [0.5, 0.6) is 0 Å². The average molecular weight is 484 g/mol. The Kier molecular flexibility index (Phi) is 32.5. The van der Waals surface area contributed by atoms with Crippen molar-refractivity contribution in [3.63, 3.8) is 0 Å². The molecule has 0 aromatic rings. The molecule has 0 heterocycles. The molecule has 0 spiro atoms. The molecule has 0 N–H and O–H groups in total. The van der Waals surface area contributed by atoms with Crippen LogP contribution in [0.15, 0.2) is 0 Å². The van der Waals surface area contributed by atoms with Crippen LogP contribution < -0.4 is 51.4 Å². The van der Waals surface area contributed by atoms with Crippen molar-refractivity contribution in [3.05, 3.63) is 0 Å². The maximum Gasteiger partial charge on any atom is 1.00 e. The van der Waals surface area contributed by atoms with Gasteiger partial charge in [-0.15, -0.1) is 0 Å². The molecule has 0 saturated carbocycles. The number of rotatable bonds is 23. The molecule has 0 saturated heterocycles. The Bertz CT molecular complexity index is 345. The maximum atomic E-state index is 5.81. The summed E-state index contributed by atoms with van der Waals surface area (Å²) in [6.07, 6.45) is 24.4. The van der Waals surface area contributed by atoms with Crippen LogP contribution in [0.1, 0.15) is 129 Å². The summed E-state index contributed by atoms with van der Waals surface area (Å²) in [4.78, 5) is 2.16. The van der Waals surface area contributed by atoms with Crippen LogP contribution in [0.4, 0.5) is 0 Å². The SMILES string of the molecule is CCCCCCCCCCCCN(CCOCCCCCCCCCC)C(=S)[S-].[K+]. The third kappa shape index (κ3) is 26.0. The fourth-order valence-electron chi connectivity index (χ4n) is 3.70. The molecular formula is C25H50KNOS2. The van der Waals surface area contributed by atoms with Gasteiger partial charge in [-0.3, -0.25) is 0 Å². The first-order chi connectivity index (χ1) is 14.2. The molecular weight excluding hydrogens is 434 g/mol. The molecule has 174 valence electrons. The zero-order valence-corrected chi connectivity index (χ0v) is 25.5. The summed E-state index contributed by atoms with van der Waals surface area (Å²) in [5.41, 5.74) is 0. The molecule has 0 aliphatic carbocycles. The van der Waals surface area contributed by atoms with Gasteiger partial charge in [0.1, 0.15) is 0 Å². The number of thiocarbonyl (C=S) groups is 1. The first-order valence-electron chi connectivity index (χ1n) is 12.8. The Morgan fingerprint density at radius 1 is 0.600 bits per heavy atom. The summed E-state index contributed by atoms with van der Waals surface area (Å²) in [5, 5.41) is 0. The molecule has 0 bridgehead atoms. The van der Waals surface area contributed by atoms with Gasteiger partial charge < -0.3 is 34.5 Å². The van der Waals surface area contributed by atoms with Crippen molar-refractivity contribution in [3.8, 4) is 0 Å². The van der Waals surface area contributed by atoms with Crippen LogP contribution in [0.2, 0.25) is 0 Å². The molecule has 0 radical (unpaired) electrons.